The van der Waals surface area contributed by atoms with Crippen molar-refractivity contribution >= 4 is 5.78 Å². The van der Waals surface area contributed by atoms with Gasteiger partial charge >= 0.3 is 0 Å². The van der Waals surface area contributed by atoms with Gasteiger partial charge in [-0.1, -0.05) is 30.3 Å². The number of fused-ring (bicyclic) bond motifs is 1. The number of aliphatic hydroxyl groups is 1. The Morgan fingerprint density at radius 1 is 1.15 bits per heavy atom. The van der Waals surface area contributed by atoms with Gasteiger partial charge in [0.05, 0.1) is 5.60 Å². The molecule has 2 heteroatoms. The molecule has 2 nitrogen and oxygen atoms in total. The highest BCUT2D eigenvalue weighted by Gasteiger charge is 2.47. The first-order chi connectivity index (χ1) is 9.69. The number of Topliss-reactive ketones (excluding diaryl/α,β-unsaturated/α-hetero) is 1. The number of hydrogen-bond donors (Lipinski definition) is 1. The van der Waals surface area contributed by atoms with Gasteiger partial charge in [0.15, 0.2) is 0 Å². The Labute approximate surface area is 121 Å². The van der Waals surface area contributed by atoms with Crippen LogP contribution in [0.3, 0.4) is 0 Å². The maximum absolute atomic E-state index is 12.1. The second kappa shape index (κ2) is 5.69. The monoisotopic (exact) mass is 272 g/mol. The van der Waals surface area contributed by atoms with Crippen LogP contribution in [0.1, 0.15) is 50.5 Å². The molecule has 3 rings (SSSR count). The quantitative estimate of drug-likeness (QED) is 0.914. The zero-order valence-electron chi connectivity index (χ0n) is 12.1. The number of aryl methyl sites for hydroxylation is 1. The smallest absolute Gasteiger partial charge is 0.136 e. The second-order valence-electron chi connectivity index (χ2n) is 6.55. The molecule has 0 unspecified atom stereocenters. The van der Waals surface area contributed by atoms with E-state index in [9.17, 15) is 9.90 Å². The lowest BCUT2D eigenvalue weighted by Crippen LogP contribution is -2.49. The van der Waals surface area contributed by atoms with Gasteiger partial charge in [0.25, 0.3) is 0 Å². The van der Waals surface area contributed by atoms with E-state index in [0.717, 1.165) is 51.4 Å². The Bertz CT molecular complexity index is 468. The number of hydrogen-bond acceptors (Lipinski definition) is 2. The minimum absolute atomic E-state index is 0.137. The summed E-state index contributed by atoms with van der Waals surface area (Å²) in [5.41, 5.74) is 0.666. The molecular weight excluding hydrogens is 248 g/mol. The van der Waals surface area contributed by atoms with Crippen molar-refractivity contribution in [2.45, 2.75) is 57.0 Å². The van der Waals surface area contributed by atoms with Crippen LogP contribution in [-0.2, 0) is 11.2 Å². The molecule has 2 aliphatic carbocycles. The minimum Gasteiger partial charge on any atom is -0.390 e. The highest BCUT2D eigenvalue weighted by atomic mass is 16.3. The first-order valence-electron chi connectivity index (χ1n) is 7.98. The van der Waals surface area contributed by atoms with Crippen molar-refractivity contribution in [1.29, 1.82) is 0 Å². The van der Waals surface area contributed by atoms with Crippen molar-refractivity contribution in [3.63, 3.8) is 0 Å². The van der Waals surface area contributed by atoms with Crippen molar-refractivity contribution < 1.29 is 9.90 Å². The molecule has 0 amide bonds. The number of carbonyl (C=O) groups excluding carboxylic acids is 1. The minimum atomic E-state index is -0.616. The summed E-state index contributed by atoms with van der Waals surface area (Å²) < 4.78 is 0. The third-order valence-corrected chi connectivity index (χ3v) is 5.34. The molecule has 20 heavy (non-hydrogen) atoms. The third-order valence-electron chi connectivity index (χ3n) is 5.34. The van der Waals surface area contributed by atoms with Crippen LogP contribution >= 0.6 is 0 Å². The Morgan fingerprint density at radius 2 is 1.95 bits per heavy atom. The van der Waals surface area contributed by atoms with E-state index < -0.39 is 5.60 Å². The topological polar surface area (TPSA) is 37.3 Å². The molecule has 0 aliphatic heterocycles. The molecule has 0 radical (unpaired) electrons. The summed E-state index contributed by atoms with van der Waals surface area (Å²) in [6, 6.07) is 10.4. The van der Waals surface area contributed by atoms with Gasteiger partial charge in [0, 0.05) is 12.3 Å². The molecule has 108 valence electrons. The van der Waals surface area contributed by atoms with E-state index in [0.29, 0.717) is 5.78 Å². The van der Waals surface area contributed by atoms with Crippen molar-refractivity contribution in [3.8, 4) is 0 Å². The standard InChI is InChI=1S/C18H24O2/c19-17-10-4-9-16-15(17)8-5-12-18(16,20)13-11-14-6-2-1-3-7-14/h1-3,6-7,15-16,20H,4-5,8-13H2/t15-,16+,18-/m1/s1. The Balaban J connectivity index is 1.71. The fourth-order valence-corrected chi connectivity index (χ4v) is 4.24. The lowest BCUT2D eigenvalue weighted by molar-refractivity contribution is -0.142. The fourth-order valence-electron chi connectivity index (χ4n) is 4.24. The van der Waals surface area contributed by atoms with Gasteiger partial charge in [-0.3, -0.25) is 4.79 Å². The van der Waals surface area contributed by atoms with Crippen LogP contribution in [0.2, 0.25) is 0 Å². The average molecular weight is 272 g/mol. The van der Waals surface area contributed by atoms with Crippen LogP contribution in [0.25, 0.3) is 0 Å². The normalized spacial score (nSPS) is 33.8. The summed E-state index contributed by atoms with van der Waals surface area (Å²) in [6.45, 7) is 0. The largest absolute Gasteiger partial charge is 0.390 e. The number of carbonyl (C=O) groups is 1. The molecule has 0 spiro atoms. The van der Waals surface area contributed by atoms with Crippen molar-refractivity contribution in [2.75, 3.05) is 0 Å². The SMILES string of the molecule is O=C1CCC[C@H]2[C@H]1CCC[C@@]2(O)CCc1ccccc1. The lowest BCUT2D eigenvalue weighted by Gasteiger charge is -2.46. The summed E-state index contributed by atoms with van der Waals surface area (Å²) in [7, 11) is 0. The molecule has 1 aromatic carbocycles. The number of rotatable bonds is 3. The lowest BCUT2D eigenvalue weighted by atomic mass is 9.61. The molecule has 0 heterocycles. The Morgan fingerprint density at radius 3 is 2.75 bits per heavy atom. The van der Waals surface area contributed by atoms with Crippen LogP contribution in [-0.4, -0.2) is 16.5 Å². The fraction of sp³-hybridized carbons (Fsp3) is 0.611. The van der Waals surface area contributed by atoms with E-state index in [4.69, 9.17) is 0 Å². The molecule has 0 bridgehead atoms. The maximum Gasteiger partial charge on any atom is 0.136 e. The molecular formula is C18H24O2. The summed E-state index contributed by atoms with van der Waals surface area (Å²) in [4.78, 5) is 12.1. The van der Waals surface area contributed by atoms with E-state index in [-0.39, 0.29) is 11.8 Å². The van der Waals surface area contributed by atoms with Crippen LogP contribution in [0.4, 0.5) is 0 Å². The van der Waals surface area contributed by atoms with Gasteiger partial charge in [-0.05, 0) is 56.4 Å². The maximum atomic E-state index is 12.1. The van der Waals surface area contributed by atoms with Crippen molar-refractivity contribution in [3.05, 3.63) is 35.9 Å². The summed E-state index contributed by atoms with van der Waals surface area (Å²) in [5.74, 6) is 0.749. The van der Waals surface area contributed by atoms with Crippen LogP contribution in [0.15, 0.2) is 30.3 Å². The van der Waals surface area contributed by atoms with Crippen LogP contribution in [0.5, 0.6) is 0 Å². The van der Waals surface area contributed by atoms with E-state index >= 15 is 0 Å². The van der Waals surface area contributed by atoms with Crippen molar-refractivity contribution in [2.24, 2.45) is 11.8 Å². The Hall–Kier alpha value is -1.15. The molecule has 0 saturated heterocycles. The molecule has 2 fully saturated rings. The molecule has 1 N–H and O–H groups in total. The molecule has 0 aromatic heterocycles. The Kier molecular flexibility index (Phi) is 3.93. The third kappa shape index (κ3) is 2.67. The predicted molar refractivity (Wildman–Crippen MR) is 79.4 cm³/mol. The van der Waals surface area contributed by atoms with Gasteiger partial charge < -0.3 is 5.11 Å². The molecule has 2 saturated carbocycles. The van der Waals surface area contributed by atoms with E-state index in [1.807, 2.05) is 18.2 Å². The highest BCUT2D eigenvalue weighted by molar-refractivity contribution is 5.82. The number of ketones is 1. The molecule has 2 aliphatic rings. The molecule has 3 atom stereocenters. The van der Waals surface area contributed by atoms with Gasteiger partial charge in [0.1, 0.15) is 5.78 Å². The summed E-state index contributed by atoms with van der Waals surface area (Å²) >= 11 is 0. The van der Waals surface area contributed by atoms with Gasteiger partial charge in [-0.25, -0.2) is 0 Å². The first kappa shape index (κ1) is 13.8. The second-order valence-corrected chi connectivity index (χ2v) is 6.55. The summed E-state index contributed by atoms with van der Waals surface area (Å²) in [6.07, 6.45) is 7.30. The van der Waals surface area contributed by atoms with Crippen LogP contribution < -0.4 is 0 Å². The van der Waals surface area contributed by atoms with Crippen LogP contribution in [0, 0.1) is 11.8 Å². The zero-order chi connectivity index (χ0) is 14.0. The van der Waals surface area contributed by atoms with E-state index in [2.05, 4.69) is 12.1 Å². The summed E-state index contributed by atoms with van der Waals surface area (Å²) in [5, 5.41) is 11.1. The van der Waals surface area contributed by atoms with Gasteiger partial charge in [-0.15, -0.1) is 0 Å². The van der Waals surface area contributed by atoms with Gasteiger partial charge in [-0.2, -0.15) is 0 Å². The average Bonchev–Trinajstić information content (AvgIpc) is 2.48. The molecule has 1 aromatic rings. The number of benzene rings is 1. The van der Waals surface area contributed by atoms with Gasteiger partial charge in [0.2, 0.25) is 0 Å². The highest BCUT2D eigenvalue weighted by Crippen LogP contribution is 2.46. The van der Waals surface area contributed by atoms with E-state index in [1.54, 1.807) is 0 Å². The van der Waals surface area contributed by atoms with E-state index in [1.165, 1.54) is 5.56 Å². The first-order valence-corrected chi connectivity index (χ1v) is 7.98. The predicted octanol–water partition coefficient (Wildman–Crippen LogP) is 3.52. The van der Waals surface area contributed by atoms with Crippen molar-refractivity contribution in [1.82, 2.24) is 0 Å². The zero-order valence-corrected chi connectivity index (χ0v) is 12.1.